The normalized spacial score (nSPS) is 13.1. The predicted molar refractivity (Wildman–Crippen MR) is 116 cm³/mol. The highest BCUT2D eigenvalue weighted by Crippen LogP contribution is 2.30. The third kappa shape index (κ3) is 3.11. The predicted octanol–water partition coefficient (Wildman–Crippen LogP) is 4.45. The van der Waals surface area contributed by atoms with E-state index in [1.54, 1.807) is 10.7 Å². The quantitative estimate of drug-likeness (QED) is 0.548. The molecule has 0 bridgehead atoms. The van der Waals surface area contributed by atoms with Crippen molar-refractivity contribution >= 4 is 33.4 Å². The first-order valence-corrected chi connectivity index (χ1v) is 10.6. The molecule has 29 heavy (non-hydrogen) atoms. The van der Waals surface area contributed by atoms with E-state index in [4.69, 9.17) is 0 Å². The van der Waals surface area contributed by atoms with Crippen molar-refractivity contribution in [3.05, 3.63) is 57.7 Å². The van der Waals surface area contributed by atoms with Crippen molar-refractivity contribution in [1.29, 1.82) is 0 Å². The van der Waals surface area contributed by atoms with E-state index in [-0.39, 0.29) is 5.91 Å². The zero-order valence-electron chi connectivity index (χ0n) is 16.6. The van der Waals surface area contributed by atoms with Crippen LogP contribution in [0.1, 0.15) is 39.3 Å². The van der Waals surface area contributed by atoms with Gasteiger partial charge in [-0.1, -0.05) is 12.1 Å². The third-order valence-electron chi connectivity index (χ3n) is 5.46. The van der Waals surface area contributed by atoms with Gasteiger partial charge in [-0.05, 0) is 56.4 Å². The van der Waals surface area contributed by atoms with Crippen LogP contribution in [0.3, 0.4) is 0 Å². The minimum absolute atomic E-state index is 0.188. The second-order valence-electron chi connectivity index (χ2n) is 7.55. The first-order chi connectivity index (χ1) is 14.0. The van der Waals surface area contributed by atoms with Gasteiger partial charge in [-0.15, -0.1) is 11.3 Å². The summed E-state index contributed by atoms with van der Waals surface area (Å²) in [5.74, 6) is -0.188. The smallest absolute Gasteiger partial charge is 0.258 e. The number of nitrogens with one attached hydrogen (secondary N) is 1. The summed E-state index contributed by atoms with van der Waals surface area (Å²) in [4.78, 5) is 22.2. The molecule has 0 unspecified atom stereocenters. The number of nitrogens with zero attached hydrogens (tertiary/aromatic N) is 4. The van der Waals surface area contributed by atoms with Crippen LogP contribution in [-0.4, -0.2) is 25.7 Å². The average Bonchev–Trinajstić information content (AvgIpc) is 3.40. The molecule has 0 radical (unpaired) electrons. The van der Waals surface area contributed by atoms with E-state index in [1.807, 2.05) is 26.3 Å². The minimum Gasteiger partial charge on any atom is -0.298 e. The Balaban J connectivity index is 1.45. The first-order valence-electron chi connectivity index (χ1n) is 9.69. The summed E-state index contributed by atoms with van der Waals surface area (Å²) in [6.07, 6.45) is 3.53. The molecule has 0 fully saturated rings. The fourth-order valence-corrected chi connectivity index (χ4v) is 4.82. The van der Waals surface area contributed by atoms with Gasteiger partial charge in [0.2, 0.25) is 0 Å². The Morgan fingerprint density at radius 2 is 1.97 bits per heavy atom. The number of rotatable bonds is 3. The van der Waals surface area contributed by atoms with E-state index in [0.717, 1.165) is 34.5 Å². The lowest BCUT2D eigenvalue weighted by Crippen LogP contribution is -2.13. The lowest BCUT2D eigenvalue weighted by molar-refractivity contribution is 0.102. The zero-order valence-corrected chi connectivity index (χ0v) is 17.4. The van der Waals surface area contributed by atoms with Gasteiger partial charge >= 0.3 is 0 Å². The molecule has 5 rings (SSSR count). The highest BCUT2D eigenvalue weighted by molar-refractivity contribution is 7.14. The molecule has 1 amide bonds. The van der Waals surface area contributed by atoms with Gasteiger partial charge in [-0.2, -0.15) is 5.10 Å². The van der Waals surface area contributed by atoms with Crippen molar-refractivity contribution in [2.75, 3.05) is 5.32 Å². The molecule has 3 aromatic heterocycles. The molecule has 0 aliphatic heterocycles. The average molecular weight is 404 g/mol. The maximum absolute atomic E-state index is 13.0. The van der Waals surface area contributed by atoms with Crippen LogP contribution in [0.25, 0.3) is 22.3 Å². The summed E-state index contributed by atoms with van der Waals surface area (Å²) < 4.78 is 1.71. The summed E-state index contributed by atoms with van der Waals surface area (Å²) in [5.41, 5.74) is 7.73. The standard InChI is InChI=1S/C22H21N5OS/c1-12-9-17(19-13(2)26-27(3)20(19)23-12)21(28)25-22-24-18(11-29-22)16-8-7-14-5-4-6-15(14)10-16/h7-11H,4-6H2,1-3H3,(H,24,25,28). The summed E-state index contributed by atoms with van der Waals surface area (Å²) in [5, 5.41) is 10.7. The Morgan fingerprint density at radius 3 is 2.83 bits per heavy atom. The molecule has 0 saturated heterocycles. The lowest BCUT2D eigenvalue weighted by atomic mass is 10.1. The topological polar surface area (TPSA) is 72.7 Å². The van der Waals surface area contributed by atoms with E-state index in [2.05, 4.69) is 38.6 Å². The van der Waals surface area contributed by atoms with E-state index in [0.29, 0.717) is 16.3 Å². The molecule has 146 valence electrons. The molecule has 1 aromatic carbocycles. The van der Waals surface area contributed by atoms with Crippen LogP contribution < -0.4 is 5.32 Å². The van der Waals surface area contributed by atoms with Crippen LogP contribution in [0.5, 0.6) is 0 Å². The molecule has 1 N–H and O–H groups in total. The highest BCUT2D eigenvalue weighted by atomic mass is 32.1. The molecular formula is C22H21N5OS. The van der Waals surface area contributed by atoms with Crippen LogP contribution in [0.15, 0.2) is 29.6 Å². The van der Waals surface area contributed by atoms with Gasteiger partial charge in [0.15, 0.2) is 10.8 Å². The second-order valence-corrected chi connectivity index (χ2v) is 8.41. The summed E-state index contributed by atoms with van der Waals surface area (Å²) >= 11 is 1.44. The molecule has 0 saturated carbocycles. The summed E-state index contributed by atoms with van der Waals surface area (Å²) in [6, 6.07) is 8.37. The number of fused-ring (bicyclic) bond motifs is 2. The van der Waals surface area contributed by atoms with Crippen LogP contribution in [-0.2, 0) is 19.9 Å². The Bertz CT molecular complexity index is 1270. The van der Waals surface area contributed by atoms with Gasteiger partial charge in [0.1, 0.15) is 0 Å². The number of pyridine rings is 1. The van der Waals surface area contributed by atoms with Crippen molar-refractivity contribution < 1.29 is 4.79 Å². The lowest BCUT2D eigenvalue weighted by Gasteiger charge is -2.06. The van der Waals surface area contributed by atoms with Crippen molar-refractivity contribution in [3.8, 4) is 11.3 Å². The Labute approximate surface area is 172 Å². The fourth-order valence-electron chi connectivity index (χ4n) is 4.11. The second kappa shape index (κ2) is 6.77. The van der Waals surface area contributed by atoms with Crippen molar-refractivity contribution in [2.45, 2.75) is 33.1 Å². The highest BCUT2D eigenvalue weighted by Gasteiger charge is 2.19. The van der Waals surface area contributed by atoms with Gasteiger partial charge in [0.25, 0.3) is 5.91 Å². The monoisotopic (exact) mass is 403 g/mol. The number of benzene rings is 1. The maximum Gasteiger partial charge on any atom is 0.258 e. The molecular weight excluding hydrogens is 382 g/mol. The molecule has 7 heteroatoms. The SMILES string of the molecule is Cc1cc(C(=O)Nc2nc(-c3ccc4c(c3)CCC4)cs2)c2c(C)nn(C)c2n1. The van der Waals surface area contributed by atoms with Gasteiger partial charge in [0.05, 0.1) is 22.3 Å². The summed E-state index contributed by atoms with van der Waals surface area (Å²) in [6.45, 7) is 3.78. The van der Waals surface area contributed by atoms with E-state index in [9.17, 15) is 4.79 Å². The number of hydrogen-bond donors (Lipinski definition) is 1. The van der Waals surface area contributed by atoms with Gasteiger partial charge in [-0.3, -0.25) is 14.8 Å². The number of amides is 1. The molecule has 1 aliphatic rings. The van der Waals surface area contributed by atoms with Crippen LogP contribution >= 0.6 is 11.3 Å². The number of anilines is 1. The molecule has 6 nitrogen and oxygen atoms in total. The van der Waals surface area contributed by atoms with Crippen molar-refractivity contribution in [1.82, 2.24) is 19.7 Å². The number of carbonyl (C=O) groups is 1. The van der Waals surface area contributed by atoms with E-state index >= 15 is 0 Å². The minimum atomic E-state index is -0.188. The van der Waals surface area contributed by atoms with Crippen LogP contribution in [0.4, 0.5) is 5.13 Å². The number of thiazole rings is 1. The maximum atomic E-state index is 13.0. The third-order valence-corrected chi connectivity index (χ3v) is 6.22. The summed E-state index contributed by atoms with van der Waals surface area (Å²) in [7, 11) is 1.84. The fraction of sp³-hybridized carbons (Fsp3) is 0.273. The van der Waals surface area contributed by atoms with Gasteiger partial charge < -0.3 is 0 Å². The van der Waals surface area contributed by atoms with E-state index in [1.165, 1.54) is 35.3 Å². The molecule has 1 aliphatic carbocycles. The van der Waals surface area contributed by atoms with Crippen molar-refractivity contribution in [2.24, 2.45) is 7.05 Å². The Kier molecular flexibility index (Phi) is 4.20. The molecule has 0 spiro atoms. The number of aromatic nitrogens is 4. The first kappa shape index (κ1) is 18.0. The number of carbonyl (C=O) groups excluding carboxylic acids is 1. The Hall–Kier alpha value is -3.06. The molecule has 4 aromatic rings. The van der Waals surface area contributed by atoms with E-state index < -0.39 is 0 Å². The zero-order chi connectivity index (χ0) is 20.1. The number of aryl methyl sites for hydroxylation is 5. The molecule has 3 heterocycles. The van der Waals surface area contributed by atoms with Crippen molar-refractivity contribution in [3.63, 3.8) is 0 Å². The van der Waals surface area contributed by atoms with Gasteiger partial charge in [0, 0.05) is 23.7 Å². The van der Waals surface area contributed by atoms with Gasteiger partial charge in [-0.25, -0.2) is 9.97 Å². The molecule has 0 atom stereocenters. The largest absolute Gasteiger partial charge is 0.298 e. The van der Waals surface area contributed by atoms with Crippen LogP contribution in [0, 0.1) is 13.8 Å². The number of hydrogen-bond acceptors (Lipinski definition) is 5. The Morgan fingerprint density at radius 1 is 1.14 bits per heavy atom. The van der Waals surface area contributed by atoms with Crippen LogP contribution in [0.2, 0.25) is 0 Å².